The Bertz CT molecular complexity index is 1230. The van der Waals surface area contributed by atoms with Crippen LogP contribution >= 0.6 is 0 Å². The molecular formula is C28H32N2O4. The van der Waals surface area contributed by atoms with Crippen molar-refractivity contribution < 1.29 is 19.3 Å². The summed E-state index contributed by atoms with van der Waals surface area (Å²) in [5, 5.41) is 10.7. The number of hydrogen-bond acceptors (Lipinski definition) is 5. The van der Waals surface area contributed by atoms with Crippen molar-refractivity contribution in [2.75, 3.05) is 13.7 Å². The van der Waals surface area contributed by atoms with Crippen LogP contribution in [0.5, 0.6) is 17.2 Å². The molecule has 1 heterocycles. The lowest BCUT2D eigenvalue weighted by atomic mass is 9.98. The zero-order valence-electron chi connectivity index (χ0n) is 20.2. The summed E-state index contributed by atoms with van der Waals surface area (Å²) in [5.41, 5.74) is 4.36. The first kappa shape index (κ1) is 23.6. The molecule has 0 spiro atoms. The van der Waals surface area contributed by atoms with Crippen LogP contribution in [-0.2, 0) is 13.2 Å². The molecule has 1 aromatic heterocycles. The van der Waals surface area contributed by atoms with E-state index in [1.165, 1.54) is 11.1 Å². The van der Waals surface area contributed by atoms with E-state index in [-0.39, 0.29) is 6.61 Å². The summed E-state index contributed by atoms with van der Waals surface area (Å²) < 4.78 is 19.0. The van der Waals surface area contributed by atoms with E-state index in [1.807, 2.05) is 59.2 Å². The Morgan fingerprint density at radius 2 is 1.62 bits per heavy atom. The Hall–Kier alpha value is -3.51. The maximum Gasteiger partial charge on any atom is 0.148 e. The van der Waals surface area contributed by atoms with Crippen LogP contribution in [0.15, 0.2) is 66.7 Å². The molecule has 0 aliphatic rings. The fourth-order valence-electron chi connectivity index (χ4n) is 4.10. The summed E-state index contributed by atoms with van der Waals surface area (Å²) in [6, 6.07) is 21.4. The van der Waals surface area contributed by atoms with Crippen LogP contribution in [-0.4, -0.2) is 34.5 Å². The number of benzene rings is 3. The highest BCUT2D eigenvalue weighted by Gasteiger charge is 2.16. The van der Waals surface area contributed by atoms with Gasteiger partial charge < -0.3 is 23.9 Å². The summed E-state index contributed by atoms with van der Waals surface area (Å²) in [6.45, 7) is 7.30. The van der Waals surface area contributed by atoms with Gasteiger partial charge in [-0.25, -0.2) is 4.98 Å². The summed E-state index contributed by atoms with van der Waals surface area (Å²) in [6.07, 6.45) is -0.717. The average molecular weight is 461 g/mol. The molecule has 6 nitrogen and oxygen atoms in total. The number of para-hydroxylation sites is 2. The smallest absolute Gasteiger partial charge is 0.148 e. The van der Waals surface area contributed by atoms with Gasteiger partial charge in [0.15, 0.2) is 0 Å². The highest BCUT2D eigenvalue weighted by molar-refractivity contribution is 5.75. The van der Waals surface area contributed by atoms with Gasteiger partial charge in [-0.1, -0.05) is 32.0 Å². The van der Waals surface area contributed by atoms with Gasteiger partial charge in [0.2, 0.25) is 0 Å². The van der Waals surface area contributed by atoms with E-state index >= 15 is 0 Å². The number of rotatable bonds is 10. The number of aryl methyl sites for hydroxylation is 1. The SMILES string of the molecule is COc1ccc(OCC(O)Cn2c(COc3ccc(C(C)C)c(C)c3)nc3ccccc32)cc1. The van der Waals surface area contributed by atoms with Gasteiger partial charge in [-0.15, -0.1) is 0 Å². The largest absolute Gasteiger partial charge is 0.497 e. The number of aromatic nitrogens is 2. The first-order valence-corrected chi connectivity index (χ1v) is 11.6. The molecule has 1 atom stereocenters. The van der Waals surface area contributed by atoms with Crippen molar-refractivity contribution in [3.63, 3.8) is 0 Å². The summed E-state index contributed by atoms with van der Waals surface area (Å²) in [7, 11) is 1.62. The van der Waals surface area contributed by atoms with Gasteiger partial charge in [0.25, 0.3) is 0 Å². The predicted octanol–water partition coefficient (Wildman–Crippen LogP) is 5.50. The molecule has 1 unspecified atom stereocenters. The predicted molar refractivity (Wildman–Crippen MR) is 134 cm³/mol. The summed E-state index contributed by atoms with van der Waals surface area (Å²) in [4.78, 5) is 4.76. The molecule has 4 aromatic rings. The van der Waals surface area contributed by atoms with Crippen molar-refractivity contribution in [3.8, 4) is 17.2 Å². The topological polar surface area (TPSA) is 65.7 Å². The molecule has 1 N–H and O–H groups in total. The molecule has 3 aromatic carbocycles. The van der Waals surface area contributed by atoms with Crippen molar-refractivity contribution in [1.29, 1.82) is 0 Å². The number of fused-ring (bicyclic) bond motifs is 1. The van der Waals surface area contributed by atoms with E-state index in [4.69, 9.17) is 19.2 Å². The number of imidazole rings is 1. The van der Waals surface area contributed by atoms with Crippen LogP contribution in [0.3, 0.4) is 0 Å². The monoisotopic (exact) mass is 460 g/mol. The highest BCUT2D eigenvalue weighted by Crippen LogP contribution is 2.25. The van der Waals surface area contributed by atoms with Gasteiger partial charge in [-0.05, 0) is 72.5 Å². The molecule has 0 aliphatic heterocycles. The number of nitrogens with zero attached hydrogens (tertiary/aromatic N) is 2. The van der Waals surface area contributed by atoms with Gasteiger partial charge in [-0.3, -0.25) is 0 Å². The maximum absolute atomic E-state index is 10.7. The van der Waals surface area contributed by atoms with Gasteiger partial charge >= 0.3 is 0 Å². The van der Waals surface area contributed by atoms with Crippen LogP contribution in [0.1, 0.15) is 36.7 Å². The molecule has 0 fully saturated rings. The standard InChI is InChI=1S/C28H32N2O4/c1-19(2)25-14-13-24(15-20(25)3)34-18-28-29-26-7-5-6-8-27(26)30(28)16-21(31)17-33-23-11-9-22(32-4)10-12-23/h5-15,19,21,31H,16-18H2,1-4H3. The van der Waals surface area contributed by atoms with Gasteiger partial charge in [0.1, 0.15) is 42.4 Å². The van der Waals surface area contributed by atoms with Crippen LogP contribution in [0.4, 0.5) is 0 Å². The highest BCUT2D eigenvalue weighted by atomic mass is 16.5. The van der Waals surface area contributed by atoms with Gasteiger partial charge in [0.05, 0.1) is 24.7 Å². The van der Waals surface area contributed by atoms with Crippen molar-refractivity contribution in [1.82, 2.24) is 9.55 Å². The fraction of sp³-hybridized carbons (Fsp3) is 0.321. The Morgan fingerprint density at radius 3 is 2.32 bits per heavy atom. The third-order valence-electron chi connectivity index (χ3n) is 5.86. The number of methoxy groups -OCH3 is 1. The van der Waals surface area contributed by atoms with Crippen molar-refractivity contribution >= 4 is 11.0 Å². The number of aliphatic hydroxyl groups excluding tert-OH is 1. The van der Waals surface area contributed by atoms with Gasteiger partial charge in [0, 0.05) is 0 Å². The van der Waals surface area contributed by atoms with E-state index in [2.05, 4.69) is 32.9 Å². The lowest BCUT2D eigenvalue weighted by Gasteiger charge is -2.16. The van der Waals surface area contributed by atoms with Crippen LogP contribution in [0.2, 0.25) is 0 Å². The Balaban J connectivity index is 1.46. The lowest BCUT2D eigenvalue weighted by Crippen LogP contribution is -2.25. The minimum Gasteiger partial charge on any atom is -0.497 e. The van der Waals surface area contributed by atoms with Crippen molar-refractivity contribution in [2.45, 2.75) is 45.9 Å². The van der Waals surface area contributed by atoms with Crippen molar-refractivity contribution in [2.24, 2.45) is 0 Å². The second-order valence-electron chi connectivity index (χ2n) is 8.73. The zero-order valence-corrected chi connectivity index (χ0v) is 20.2. The van der Waals surface area contributed by atoms with E-state index in [0.29, 0.717) is 24.8 Å². The number of hydrogen-bond donors (Lipinski definition) is 1. The molecule has 0 amide bonds. The molecular weight excluding hydrogens is 428 g/mol. The number of ether oxygens (including phenoxy) is 3. The molecule has 0 saturated carbocycles. The fourth-order valence-corrected chi connectivity index (χ4v) is 4.10. The third kappa shape index (κ3) is 5.51. The molecule has 0 saturated heterocycles. The minimum absolute atomic E-state index is 0.162. The number of aliphatic hydroxyl groups is 1. The molecule has 0 bridgehead atoms. The molecule has 178 valence electrons. The third-order valence-corrected chi connectivity index (χ3v) is 5.86. The molecule has 6 heteroatoms. The summed E-state index contributed by atoms with van der Waals surface area (Å²) >= 11 is 0. The maximum atomic E-state index is 10.7. The lowest BCUT2D eigenvalue weighted by molar-refractivity contribution is 0.0917. The molecule has 4 rings (SSSR count). The van der Waals surface area contributed by atoms with Crippen LogP contribution in [0, 0.1) is 6.92 Å². The Labute approximate surface area is 200 Å². The first-order chi connectivity index (χ1) is 16.4. The van der Waals surface area contributed by atoms with E-state index in [9.17, 15) is 5.11 Å². The normalized spacial score (nSPS) is 12.2. The Kier molecular flexibility index (Phi) is 7.38. The quantitative estimate of drug-likeness (QED) is 0.339. The van der Waals surface area contributed by atoms with Gasteiger partial charge in [-0.2, -0.15) is 0 Å². The molecule has 0 aliphatic carbocycles. The van der Waals surface area contributed by atoms with E-state index < -0.39 is 6.10 Å². The van der Waals surface area contributed by atoms with E-state index in [0.717, 1.165) is 28.4 Å². The second-order valence-corrected chi connectivity index (χ2v) is 8.73. The average Bonchev–Trinajstić information content (AvgIpc) is 3.18. The van der Waals surface area contributed by atoms with E-state index in [1.54, 1.807) is 7.11 Å². The first-order valence-electron chi connectivity index (χ1n) is 11.6. The van der Waals surface area contributed by atoms with Crippen molar-refractivity contribution in [3.05, 3.63) is 83.7 Å². The molecule has 34 heavy (non-hydrogen) atoms. The minimum atomic E-state index is -0.717. The second kappa shape index (κ2) is 10.6. The van der Waals surface area contributed by atoms with Crippen LogP contribution < -0.4 is 14.2 Å². The Morgan fingerprint density at radius 1 is 0.912 bits per heavy atom. The summed E-state index contributed by atoms with van der Waals surface area (Å²) in [5.74, 6) is 3.48. The zero-order chi connectivity index (χ0) is 24.1. The molecule has 0 radical (unpaired) electrons. The van der Waals surface area contributed by atoms with Crippen LogP contribution in [0.25, 0.3) is 11.0 Å².